The third-order valence-electron chi connectivity index (χ3n) is 1.53. The topological polar surface area (TPSA) is 26.0 Å². The zero-order chi connectivity index (χ0) is 9.14. The maximum atomic E-state index is 13.1. The fraction of sp³-hybridized carbons (Fsp3) is 0.250. The highest BCUT2D eigenvalue weighted by Gasteiger charge is 2.10. The van der Waals surface area contributed by atoms with Gasteiger partial charge in [0.15, 0.2) is 0 Å². The Morgan fingerprint density at radius 2 is 2.00 bits per heavy atom. The lowest BCUT2D eigenvalue weighted by Crippen LogP contribution is -2.06. The zero-order valence-corrected chi connectivity index (χ0v) is 7.87. The van der Waals surface area contributed by atoms with Gasteiger partial charge in [0, 0.05) is 5.56 Å². The van der Waals surface area contributed by atoms with Gasteiger partial charge in [-0.2, -0.15) is 0 Å². The number of halogens is 3. The fourth-order valence-corrected chi connectivity index (χ4v) is 1.31. The molecule has 0 aromatic heterocycles. The van der Waals surface area contributed by atoms with Crippen molar-refractivity contribution in [2.24, 2.45) is 5.73 Å². The van der Waals surface area contributed by atoms with E-state index in [-0.39, 0.29) is 23.0 Å². The molecule has 1 rings (SSSR count). The maximum Gasteiger partial charge on any atom is 0.143 e. The van der Waals surface area contributed by atoms with Crippen molar-refractivity contribution in [3.63, 3.8) is 0 Å². The van der Waals surface area contributed by atoms with E-state index in [0.29, 0.717) is 0 Å². The molecular formula is C8H8BrF2N. The summed E-state index contributed by atoms with van der Waals surface area (Å²) < 4.78 is 26.3. The van der Waals surface area contributed by atoms with Crippen molar-refractivity contribution in [3.05, 3.63) is 33.8 Å². The second kappa shape index (κ2) is 3.96. The summed E-state index contributed by atoms with van der Waals surface area (Å²) in [7, 11) is 0. The van der Waals surface area contributed by atoms with E-state index in [4.69, 9.17) is 5.73 Å². The number of benzene rings is 1. The summed E-state index contributed by atoms with van der Waals surface area (Å²) in [5, 5.41) is 0. The summed E-state index contributed by atoms with van der Waals surface area (Å²) in [6.45, 7) is 0.240. The molecule has 0 aliphatic carbocycles. The predicted octanol–water partition coefficient (Wildman–Crippen LogP) is 2.23. The first-order chi connectivity index (χ1) is 5.66. The molecule has 1 aromatic carbocycles. The molecule has 66 valence electrons. The molecular weight excluding hydrogens is 228 g/mol. The van der Waals surface area contributed by atoms with Crippen molar-refractivity contribution in [1.29, 1.82) is 0 Å². The molecule has 0 heterocycles. The van der Waals surface area contributed by atoms with Crippen molar-refractivity contribution >= 4 is 15.9 Å². The largest absolute Gasteiger partial charge is 0.330 e. The van der Waals surface area contributed by atoms with Gasteiger partial charge in [-0.15, -0.1) is 0 Å². The van der Waals surface area contributed by atoms with Crippen molar-refractivity contribution in [2.75, 3.05) is 6.54 Å². The van der Waals surface area contributed by atoms with Crippen molar-refractivity contribution in [3.8, 4) is 0 Å². The van der Waals surface area contributed by atoms with Gasteiger partial charge in [0.25, 0.3) is 0 Å². The van der Waals surface area contributed by atoms with E-state index in [1.54, 1.807) is 0 Å². The zero-order valence-electron chi connectivity index (χ0n) is 6.28. The molecule has 0 radical (unpaired) electrons. The average Bonchev–Trinajstić information content (AvgIpc) is 2.06. The van der Waals surface area contributed by atoms with E-state index in [1.165, 1.54) is 12.1 Å². The van der Waals surface area contributed by atoms with Gasteiger partial charge in [0.2, 0.25) is 0 Å². The molecule has 0 saturated heterocycles. The maximum absolute atomic E-state index is 13.1. The Morgan fingerprint density at radius 3 is 2.58 bits per heavy atom. The van der Waals surface area contributed by atoms with Crippen LogP contribution in [-0.2, 0) is 6.42 Å². The standard InChI is InChI=1S/C8H8BrF2N/c9-6-1-2-7(10)5(3-4-12)8(6)11/h1-2H,3-4,12H2. The van der Waals surface area contributed by atoms with Gasteiger partial charge in [-0.3, -0.25) is 0 Å². The van der Waals surface area contributed by atoms with Gasteiger partial charge in [-0.1, -0.05) is 0 Å². The van der Waals surface area contributed by atoms with Crippen LogP contribution in [0.4, 0.5) is 8.78 Å². The van der Waals surface area contributed by atoms with Gasteiger partial charge < -0.3 is 5.73 Å². The lowest BCUT2D eigenvalue weighted by Gasteiger charge is -2.03. The summed E-state index contributed by atoms with van der Waals surface area (Å²) in [4.78, 5) is 0. The molecule has 2 N–H and O–H groups in total. The van der Waals surface area contributed by atoms with Crippen molar-refractivity contribution in [1.82, 2.24) is 0 Å². The SMILES string of the molecule is NCCc1c(F)ccc(Br)c1F. The van der Waals surface area contributed by atoms with Crippen LogP contribution in [0.1, 0.15) is 5.56 Å². The van der Waals surface area contributed by atoms with Gasteiger partial charge in [0.1, 0.15) is 11.6 Å². The first-order valence-corrected chi connectivity index (χ1v) is 4.28. The van der Waals surface area contributed by atoms with E-state index >= 15 is 0 Å². The minimum Gasteiger partial charge on any atom is -0.330 e. The molecule has 0 saturated carbocycles. The normalized spacial score (nSPS) is 10.3. The lowest BCUT2D eigenvalue weighted by molar-refractivity contribution is 0.551. The Morgan fingerprint density at radius 1 is 1.33 bits per heavy atom. The van der Waals surface area contributed by atoms with Crippen LogP contribution in [-0.4, -0.2) is 6.54 Å². The van der Waals surface area contributed by atoms with Crippen LogP contribution in [0.3, 0.4) is 0 Å². The van der Waals surface area contributed by atoms with Gasteiger partial charge >= 0.3 is 0 Å². The number of rotatable bonds is 2. The van der Waals surface area contributed by atoms with Crippen LogP contribution in [0.25, 0.3) is 0 Å². The average molecular weight is 236 g/mol. The summed E-state index contributed by atoms with van der Waals surface area (Å²) in [5.41, 5.74) is 5.25. The van der Waals surface area contributed by atoms with Crippen LogP contribution in [0.15, 0.2) is 16.6 Å². The number of nitrogens with two attached hydrogens (primary N) is 1. The monoisotopic (exact) mass is 235 g/mol. The highest BCUT2D eigenvalue weighted by atomic mass is 79.9. The molecule has 12 heavy (non-hydrogen) atoms. The minimum absolute atomic E-state index is 0.0480. The van der Waals surface area contributed by atoms with Gasteiger partial charge in [-0.25, -0.2) is 8.78 Å². The predicted molar refractivity (Wildman–Crippen MR) is 46.8 cm³/mol. The minimum atomic E-state index is -0.555. The third-order valence-corrected chi connectivity index (χ3v) is 2.15. The molecule has 0 spiro atoms. The quantitative estimate of drug-likeness (QED) is 0.783. The second-order valence-corrected chi connectivity index (χ2v) is 3.21. The van der Waals surface area contributed by atoms with Crippen LogP contribution in [0.2, 0.25) is 0 Å². The summed E-state index contributed by atoms with van der Waals surface area (Å²) >= 11 is 2.97. The molecule has 0 fully saturated rings. The Kier molecular flexibility index (Phi) is 3.17. The van der Waals surface area contributed by atoms with Gasteiger partial charge in [-0.05, 0) is 41.0 Å². The first-order valence-electron chi connectivity index (χ1n) is 3.49. The Bertz CT molecular complexity index is 289. The Labute approximate surface area is 77.7 Å². The summed E-state index contributed by atoms with van der Waals surface area (Å²) in [6, 6.07) is 2.56. The second-order valence-electron chi connectivity index (χ2n) is 2.36. The van der Waals surface area contributed by atoms with E-state index in [0.717, 1.165) is 0 Å². The Hall–Kier alpha value is -0.480. The fourth-order valence-electron chi connectivity index (χ4n) is 0.943. The van der Waals surface area contributed by atoms with E-state index in [2.05, 4.69) is 15.9 Å². The molecule has 4 heteroatoms. The summed E-state index contributed by atoms with van der Waals surface area (Å²) in [5.74, 6) is -1.10. The van der Waals surface area contributed by atoms with E-state index in [9.17, 15) is 8.78 Å². The molecule has 0 aliphatic heterocycles. The van der Waals surface area contributed by atoms with Crippen LogP contribution in [0, 0.1) is 11.6 Å². The highest BCUT2D eigenvalue weighted by Crippen LogP contribution is 2.21. The molecule has 0 aliphatic rings. The highest BCUT2D eigenvalue weighted by molar-refractivity contribution is 9.10. The molecule has 0 unspecified atom stereocenters. The molecule has 0 bridgehead atoms. The van der Waals surface area contributed by atoms with E-state index < -0.39 is 11.6 Å². The first kappa shape index (κ1) is 9.61. The molecule has 0 atom stereocenters. The smallest absolute Gasteiger partial charge is 0.143 e. The lowest BCUT2D eigenvalue weighted by atomic mass is 10.1. The van der Waals surface area contributed by atoms with Crippen molar-refractivity contribution < 1.29 is 8.78 Å². The summed E-state index contributed by atoms with van der Waals surface area (Å²) in [6.07, 6.45) is 0.219. The van der Waals surface area contributed by atoms with Crippen LogP contribution < -0.4 is 5.73 Å². The number of hydrogen-bond donors (Lipinski definition) is 1. The molecule has 1 aromatic rings. The van der Waals surface area contributed by atoms with E-state index in [1.807, 2.05) is 0 Å². The number of hydrogen-bond acceptors (Lipinski definition) is 1. The van der Waals surface area contributed by atoms with Crippen molar-refractivity contribution in [2.45, 2.75) is 6.42 Å². The van der Waals surface area contributed by atoms with Crippen LogP contribution in [0.5, 0.6) is 0 Å². The Balaban J connectivity index is 3.14. The molecule has 1 nitrogen and oxygen atoms in total. The van der Waals surface area contributed by atoms with Gasteiger partial charge in [0.05, 0.1) is 4.47 Å². The molecule has 0 amide bonds. The third kappa shape index (κ3) is 1.81. The van der Waals surface area contributed by atoms with Crippen LogP contribution >= 0.6 is 15.9 Å².